The van der Waals surface area contributed by atoms with Crippen molar-refractivity contribution in [1.82, 2.24) is 0 Å². The lowest BCUT2D eigenvalue weighted by molar-refractivity contribution is 0.241. The molecule has 1 nitrogen and oxygen atoms in total. The molecule has 0 aliphatic carbocycles. The lowest BCUT2D eigenvalue weighted by atomic mass is 10.0. The maximum Gasteiger partial charge on any atom is 0.0873 e. The fourth-order valence-electron chi connectivity index (χ4n) is 3.12. The molecule has 0 aliphatic rings. The van der Waals surface area contributed by atoms with Crippen LogP contribution in [0.1, 0.15) is 117 Å². The summed E-state index contributed by atoms with van der Waals surface area (Å²) >= 11 is 0. The maximum atomic E-state index is 5.13. The predicted molar refractivity (Wildman–Crippen MR) is 105 cm³/mol. The zero-order chi connectivity index (χ0) is 17.0. The average molecular weight is 325 g/mol. The molecule has 0 fully saturated rings. The third-order valence-corrected chi connectivity index (χ3v) is 4.66. The fourth-order valence-corrected chi connectivity index (χ4v) is 3.12. The number of hydrogen-bond acceptors (Lipinski definition) is 1. The van der Waals surface area contributed by atoms with Gasteiger partial charge in [0.15, 0.2) is 0 Å². The van der Waals surface area contributed by atoms with Crippen LogP contribution in [0, 0.1) is 5.92 Å². The van der Waals surface area contributed by atoms with Gasteiger partial charge >= 0.3 is 0 Å². The van der Waals surface area contributed by atoms with Gasteiger partial charge in [0.25, 0.3) is 0 Å². The van der Waals surface area contributed by atoms with Crippen LogP contribution in [0.15, 0.2) is 12.8 Å². The summed E-state index contributed by atoms with van der Waals surface area (Å²) in [5.41, 5.74) is 0. The van der Waals surface area contributed by atoms with Crippen molar-refractivity contribution < 1.29 is 4.74 Å². The molecule has 0 atom stereocenters. The van der Waals surface area contributed by atoms with Crippen molar-refractivity contribution in [3.8, 4) is 0 Å². The molecule has 0 heterocycles. The first-order valence-electron chi connectivity index (χ1n) is 10.5. The van der Waals surface area contributed by atoms with Crippen molar-refractivity contribution in [2.75, 3.05) is 6.61 Å². The molecule has 0 radical (unpaired) electrons. The molecule has 0 rings (SSSR count). The first-order chi connectivity index (χ1) is 11.3. The Hall–Kier alpha value is -0.460. The molecule has 0 saturated carbocycles. The van der Waals surface area contributed by atoms with Gasteiger partial charge in [-0.3, -0.25) is 0 Å². The molecule has 0 amide bonds. The van der Waals surface area contributed by atoms with Gasteiger partial charge in [0.1, 0.15) is 0 Å². The van der Waals surface area contributed by atoms with Crippen LogP contribution < -0.4 is 0 Å². The Morgan fingerprint density at radius 3 is 1.30 bits per heavy atom. The van der Waals surface area contributed by atoms with Crippen LogP contribution in [0.4, 0.5) is 0 Å². The van der Waals surface area contributed by atoms with E-state index in [9.17, 15) is 0 Å². The Balaban J connectivity index is 2.96. The Labute approximate surface area is 147 Å². The first-order valence-corrected chi connectivity index (χ1v) is 10.5. The van der Waals surface area contributed by atoms with Crippen molar-refractivity contribution in [2.24, 2.45) is 5.92 Å². The first kappa shape index (κ1) is 22.5. The van der Waals surface area contributed by atoms with Crippen LogP contribution in [0.2, 0.25) is 0 Å². The van der Waals surface area contributed by atoms with Crippen LogP contribution in [-0.2, 0) is 4.74 Å². The van der Waals surface area contributed by atoms with Crippen molar-refractivity contribution in [3.05, 3.63) is 12.8 Å². The van der Waals surface area contributed by atoms with E-state index in [1.54, 1.807) is 6.26 Å². The third kappa shape index (κ3) is 21.5. The minimum atomic E-state index is 0.848. The summed E-state index contributed by atoms with van der Waals surface area (Å²) in [5, 5.41) is 0. The van der Waals surface area contributed by atoms with E-state index in [2.05, 4.69) is 20.4 Å². The number of hydrogen-bond donors (Lipinski definition) is 0. The zero-order valence-corrected chi connectivity index (χ0v) is 16.3. The van der Waals surface area contributed by atoms with Crippen LogP contribution in [-0.4, -0.2) is 6.61 Å². The lowest BCUT2D eigenvalue weighted by Crippen LogP contribution is -1.88. The highest BCUT2D eigenvalue weighted by Crippen LogP contribution is 2.14. The fraction of sp³-hybridized carbons (Fsp3) is 0.909. The van der Waals surface area contributed by atoms with E-state index in [1.807, 2.05) is 0 Å². The van der Waals surface area contributed by atoms with Gasteiger partial charge in [-0.1, -0.05) is 117 Å². The van der Waals surface area contributed by atoms with Crippen molar-refractivity contribution in [1.29, 1.82) is 0 Å². The normalized spacial score (nSPS) is 11.1. The molecular weight excluding hydrogens is 280 g/mol. The van der Waals surface area contributed by atoms with Crippen LogP contribution >= 0.6 is 0 Å². The summed E-state index contributed by atoms with van der Waals surface area (Å²) in [4.78, 5) is 0. The highest BCUT2D eigenvalue weighted by molar-refractivity contribution is 4.52. The molecular formula is C22H44O. The van der Waals surface area contributed by atoms with Gasteiger partial charge in [-0.05, 0) is 12.3 Å². The van der Waals surface area contributed by atoms with E-state index in [0.29, 0.717) is 0 Å². The second-order valence-electron chi connectivity index (χ2n) is 7.52. The molecule has 0 aromatic rings. The molecule has 0 aromatic carbocycles. The van der Waals surface area contributed by atoms with Gasteiger partial charge in [0.2, 0.25) is 0 Å². The van der Waals surface area contributed by atoms with Crippen LogP contribution in [0.3, 0.4) is 0 Å². The lowest BCUT2D eigenvalue weighted by Gasteiger charge is -2.05. The van der Waals surface area contributed by atoms with Gasteiger partial charge in [0, 0.05) is 0 Å². The standard InChI is InChI=1S/C22H44O/c1-4-23-21-19-17-15-13-11-9-7-5-6-8-10-12-14-16-18-20-22(2)3/h4,22H,1,5-21H2,2-3H3. The molecule has 0 unspecified atom stereocenters. The molecule has 0 N–H and O–H groups in total. The Morgan fingerprint density at radius 2 is 0.957 bits per heavy atom. The van der Waals surface area contributed by atoms with E-state index in [4.69, 9.17) is 4.74 Å². The van der Waals surface area contributed by atoms with Gasteiger partial charge in [0.05, 0.1) is 12.9 Å². The van der Waals surface area contributed by atoms with Gasteiger partial charge in [-0.2, -0.15) is 0 Å². The molecule has 1 heteroatoms. The third-order valence-electron chi connectivity index (χ3n) is 4.66. The van der Waals surface area contributed by atoms with Crippen molar-refractivity contribution in [2.45, 2.75) is 117 Å². The van der Waals surface area contributed by atoms with Gasteiger partial charge < -0.3 is 4.74 Å². The van der Waals surface area contributed by atoms with Crippen molar-refractivity contribution in [3.63, 3.8) is 0 Å². The quantitative estimate of drug-likeness (QED) is 0.172. The van der Waals surface area contributed by atoms with Gasteiger partial charge in [-0.25, -0.2) is 0 Å². The molecule has 23 heavy (non-hydrogen) atoms. The summed E-state index contributed by atoms with van der Waals surface area (Å²) in [6.07, 6.45) is 24.2. The Morgan fingerprint density at radius 1 is 0.609 bits per heavy atom. The van der Waals surface area contributed by atoms with Crippen molar-refractivity contribution >= 4 is 0 Å². The molecule has 138 valence electrons. The maximum absolute atomic E-state index is 5.13. The second-order valence-corrected chi connectivity index (χ2v) is 7.52. The largest absolute Gasteiger partial charge is 0.502 e. The SMILES string of the molecule is C=COCCCCCCCCCCCCCCCCCC(C)C. The van der Waals surface area contributed by atoms with Gasteiger partial charge in [-0.15, -0.1) is 0 Å². The summed E-state index contributed by atoms with van der Waals surface area (Å²) in [7, 11) is 0. The molecule has 0 bridgehead atoms. The van der Waals surface area contributed by atoms with E-state index in [0.717, 1.165) is 12.5 Å². The summed E-state index contributed by atoms with van der Waals surface area (Å²) in [6, 6.07) is 0. The Bertz CT molecular complexity index is 222. The minimum Gasteiger partial charge on any atom is -0.502 e. The molecule has 0 aliphatic heterocycles. The molecule has 0 spiro atoms. The second kappa shape index (κ2) is 19.6. The number of unbranched alkanes of at least 4 members (excludes halogenated alkanes) is 14. The summed E-state index contributed by atoms with van der Waals surface area (Å²) < 4.78 is 5.13. The van der Waals surface area contributed by atoms with Crippen LogP contribution in [0.25, 0.3) is 0 Å². The Kier molecular flexibility index (Phi) is 19.2. The summed E-state index contributed by atoms with van der Waals surface area (Å²) in [6.45, 7) is 9.07. The highest BCUT2D eigenvalue weighted by Gasteiger charge is 1.96. The minimum absolute atomic E-state index is 0.848. The number of ether oxygens (including phenoxy) is 1. The van der Waals surface area contributed by atoms with E-state index < -0.39 is 0 Å². The monoisotopic (exact) mass is 324 g/mol. The van der Waals surface area contributed by atoms with E-state index in [1.165, 1.54) is 103 Å². The van der Waals surface area contributed by atoms with Crippen LogP contribution in [0.5, 0.6) is 0 Å². The van der Waals surface area contributed by atoms with E-state index >= 15 is 0 Å². The smallest absolute Gasteiger partial charge is 0.0873 e. The summed E-state index contributed by atoms with van der Waals surface area (Å²) in [5.74, 6) is 0.890. The predicted octanol–water partition coefficient (Wildman–Crippen LogP) is 8.04. The molecule has 0 aromatic heterocycles. The topological polar surface area (TPSA) is 9.23 Å². The zero-order valence-electron chi connectivity index (χ0n) is 16.3. The highest BCUT2D eigenvalue weighted by atomic mass is 16.5. The average Bonchev–Trinajstić information content (AvgIpc) is 2.53. The van der Waals surface area contributed by atoms with E-state index in [-0.39, 0.29) is 0 Å². The number of rotatable bonds is 19. The molecule has 0 saturated heterocycles.